The molecule has 0 saturated carbocycles. The Morgan fingerprint density at radius 2 is 0.931 bits per heavy atom. The molecule has 10 aromatic rings. The summed E-state index contributed by atoms with van der Waals surface area (Å²) in [7, 11) is 0. The van der Waals surface area contributed by atoms with Crippen molar-refractivity contribution < 1.29 is 0 Å². The molecule has 0 radical (unpaired) electrons. The quantitative estimate of drug-likeness (QED) is 0.148. The molecular formula is C54H40N4. The monoisotopic (exact) mass is 744 g/mol. The van der Waals surface area contributed by atoms with Crippen LogP contribution in [0.2, 0.25) is 0 Å². The predicted molar refractivity (Wildman–Crippen MR) is 240 cm³/mol. The average Bonchev–Trinajstić information content (AvgIpc) is 3.62. The van der Waals surface area contributed by atoms with Gasteiger partial charge in [-0.25, -0.2) is 15.0 Å². The lowest BCUT2D eigenvalue weighted by Crippen LogP contribution is -2.01. The minimum atomic E-state index is 0.655. The van der Waals surface area contributed by atoms with E-state index in [9.17, 15) is 0 Å². The number of nitrogens with zero attached hydrogens (tertiary/aromatic N) is 4. The summed E-state index contributed by atoms with van der Waals surface area (Å²) in [4.78, 5) is 15.1. The number of rotatable bonds is 9. The van der Waals surface area contributed by atoms with Gasteiger partial charge in [-0.05, 0) is 95.1 Å². The molecule has 0 spiro atoms. The van der Waals surface area contributed by atoms with Gasteiger partial charge in [0.1, 0.15) is 0 Å². The lowest BCUT2D eigenvalue weighted by Gasteiger charge is -2.14. The van der Waals surface area contributed by atoms with Crippen molar-refractivity contribution in [1.82, 2.24) is 19.5 Å². The molecule has 0 aliphatic carbocycles. The standard InChI is InChI=1S/C54H40N4/c1-37-34-51-49(47-26-13-14-27-50(47)58(51)45-23-9-4-10-24-45)36-48(37)46-25-12-11-19-41(46)29-28-38-16-15-22-44(35-38)54-56-52(42-20-7-3-8-21-42)55-53(57-54)43-32-30-40(31-33-43)39-17-5-2-6-18-39/h2-27,30-36H,28-29H2,1H3. The Hall–Kier alpha value is -7.43. The van der Waals surface area contributed by atoms with E-state index in [4.69, 9.17) is 15.0 Å². The van der Waals surface area contributed by atoms with Crippen molar-refractivity contribution in [2.45, 2.75) is 19.8 Å². The molecule has 2 aromatic heterocycles. The van der Waals surface area contributed by atoms with E-state index in [1.807, 2.05) is 24.3 Å². The predicted octanol–water partition coefficient (Wildman–Crippen LogP) is 13.4. The fourth-order valence-corrected chi connectivity index (χ4v) is 8.20. The summed E-state index contributed by atoms with van der Waals surface area (Å²) in [5.74, 6) is 1.98. The molecule has 4 heteroatoms. The highest BCUT2D eigenvalue weighted by Crippen LogP contribution is 2.38. The van der Waals surface area contributed by atoms with Crippen molar-refractivity contribution in [3.8, 4) is 62.1 Å². The third-order valence-electron chi connectivity index (χ3n) is 11.1. The Kier molecular flexibility index (Phi) is 9.21. The number of aromatic nitrogens is 4. The van der Waals surface area contributed by atoms with Crippen LogP contribution in [0.15, 0.2) is 200 Å². The largest absolute Gasteiger partial charge is 0.309 e. The number of benzene rings is 8. The van der Waals surface area contributed by atoms with Crippen LogP contribution >= 0.6 is 0 Å². The van der Waals surface area contributed by atoms with E-state index in [1.165, 1.54) is 60.9 Å². The Labute approximate surface area is 338 Å². The van der Waals surface area contributed by atoms with Gasteiger partial charge in [0, 0.05) is 33.2 Å². The first-order valence-corrected chi connectivity index (χ1v) is 19.9. The first-order valence-electron chi connectivity index (χ1n) is 19.9. The zero-order chi connectivity index (χ0) is 38.8. The number of hydrogen-bond donors (Lipinski definition) is 0. The third kappa shape index (κ3) is 6.75. The van der Waals surface area contributed by atoms with Crippen LogP contribution in [-0.2, 0) is 12.8 Å². The van der Waals surface area contributed by atoms with Crippen LogP contribution in [0.5, 0.6) is 0 Å². The van der Waals surface area contributed by atoms with E-state index in [2.05, 4.69) is 187 Å². The maximum atomic E-state index is 5.07. The Bertz CT molecular complexity index is 3040. The van der Waals surface area contributed by atoms with Crippen molar-refractivity contribution in [3.63, 3.8) is 0 Å². The molecule has 0 fully saturated rings. The van der Waals surface area contributed by atoms with Crippen LogP contribution in [0.4, 0.5) is 0 Å². The van der Waals surface area contributed by atoms with Gasteiger partial charge >= 0.3 is 0 Å². The topological polar surface area (TPSA) is 43.6 Å². The molecule has 8 aromatic carbocycles. The van der Waals surface area contributed by atoms with E-state index in [0.717, 1.165) is 35.1 Å². The van der Waals surface area contributed by atoms with E-state index in [0.29, 0.717) is 17.5 Å². The zero-order valence-electron chi connectivity index (χ0n) is 32.3. The maximum Gasteiger partial charge on any atom is 0.164 e. The minimum Gasteiger partial charge on any atom is -0.309 e. The molecule has 0 aliphatic rings. The van der Waals surface area contributed by atoms with Gasteiger partial charge in [0.15, 0.2) is 17.5 Å². The maximum absolute atomic E-state index is 5.07. The molecule has 4 nitrogen and oxygen atoms in total. The summed E-state index contributed by atoms with van der Waals surface area (Å²) in [6, 6.07) is 70.8. The molecule has 10 rings (SSSR count). The Morgan fingerprint density at radius 3 is 1.67 bits per heavy atom. The molecule has 0 N–H and O–H groups in total. The number of hydrogen-bond acceptors (Lipinski definition) is 3. The van der Waals surface area contributed by atoms with Gasteiger partial charge in [-0.1, -0.05) is 164 Å². The number of para-hydroxylation sites is 2. The normalized spacial score (nSPS) is 11.3. The summed E-state index contributed by atoms with van der Waals surface area (Å²) in [5.41, 5.74) is 15.2. The molecular weight excluding hydrogens is 705 g/mol. The molecule has 2 heterocycles. The van der Waals surface area contributed by atoms with Crippen molar-refractivity contribution >= 4 is 21.8 Å². The Morgan fingerprint density at radius 1 is 0.379 bits per heavy atom. The molecule has 276 valence electrons. The van der Waals surface area contributed by atoms with Gasteiger partial charge < -0.3 is 4.57 Å². The van der Waals surface area contributed by atoms with E-state index < -0.39 is 0 Å². The second-order valence-corrected chi connectivity index (χ2v) is 14.8. The summed E-state index contributed by atoms with van der Waals surface area (Å²) < 4.78 is 2.39. The minimum absolute atomic E-state index is 0.655. The van der Waals surface area contributed by atoms with Gasteiger partial charge in [-0.15, -0.1) is 0 Å². The Balaban J connectivity index is 0.975. The van der Waals surface area contributed by atoms with Gasteiger partial charge in [0.2, 0.25) is 0 Å². The summed E-state index contributed by atoms with van der Waals surface area (Å²) in [6.45, 7) is 2.24. The summed E-state index contributed by atoms with van der Waals surface area (Å²) in [5, 5.41) is 2.53. The van der Waals surface area contributed by atoms with Crippen LogP contribution in [0.3, 0.4) is 0 Å². The molecule has 0 amide bonds. The second-order valence-electron chi connectivity index (χ2n) is 14.8. The van der Waals surface area contributed by atoms with Gasteiger partial charge in [0.25, 0.3) is 0 Å². The third-order valence-corrected chi connectivity index (χ3v) is 11.1. The summed E-state index contributed by atoms with van der Waals surface area (Å²) in [6.07, 6.45) is 1.78. The highest BCUT2D eigenvalue weighted by Gasteiger charge is 2.17. The van der Waals surface area contributed by atoms with Gasteiger partial charge in [0.05, 0.1) is 11.0 Å². The first-order chi connectivity index (χ1) is 28.7. The van der Waals surface area contributed by atoms with Crippen molar-refractivity contribution in [3.05, 3.63) is 217 Å². The van der Waals surface area contributed by atoms with Crippen LogP contribution in [0.1, 0.15) is 16.7 Å². The van der Waals surface area contributed by atoms with E-state index >= 15 is 0 Å². The highest BCUT2D eigenvalue weighted by molar-refractivity contribution is 6.11. The molecule has 0 atom stereocenters. The van der Waals surface area contributed by atoms with Crippen molar-refractivity contribution in [2.75, 3.05) is 0 Å². The molecule has 0 saturated heterocycles. The van der Waals surface area contributed by atoms with E-state index in [1.54, 1.807) is 0 Å². The lowest BCUT2D eigenvalue weighted by atomic mass is 9.91. The smallest absolute Gasteiger partial charge is 0.164 e. The second kappa shape index (κ2) is 15.2. The lowest BCUT2D eigenvalue weighted by molar-refractivity contribution is 0.961. The zero-order valence-corrected chi connectivity index (χ0v) is 32.3. The fraction of sp³-hybridized carbons (Fsp3) is 0.0556. The van der Waals surface area contributed by atoms with Crippen LogP contribution in [0.25, 0.3) is 83.9 Å². The SMILES string of the molecule is Cc1cc2c(cc1-c1ccccc1CCc1cccc(-c3nc(-c4ccccc4)nc(-c4ccc(-c5ccccc5)cc4)n3)c1)c1ccccc1n2-c1ccccc1. The average molecular weight is 745 g/mol. The molecule has 58 heavy (non-hydrogen) atoms. The van der Waals surface area contributed by atoms with Gasteiger partial charge in [-0.3, -0.25) is 0 Å². The van der Waals surface area contributed by atoms with E-state index in [-0.39, 0.29) is 0 Å². The molecule has 0 unspecified atom stereocenters. The number of aryl methyl sites for hydroxylation is 3. The molecule has 0 aliphatic heterocycles. The van der Waals surface area contributed by atoms with Crippen LogP contribution < -0.4 is 0 Å². The van der Waals surface area contributed by atoms with Gasteiger partial charge in [-0.2, -0.15) is 0 Å². The van der Waals surface area contributed by atoms with Crippen LogP contribution in [0, 0.1) is 6.92 Å². The first kappa shape index (κ1) is 35.0. The fourth-order valence-electron chi connectivity index (χ4n) is 8.20. The van der Waals surface area contributed by atoms with Crippen LogP contribution in [-0.4, -0.2) is 19.5 Å². The molecule has 0 bridgehead atoms. The summed E-state index contributed by atoms with van der Waals surface area (Å²) >= 11 is 0. The number of fused-ring (bicyclic) bond motifs is 3. The van der Waals surface area contributed by atoms with Crippen molar-refractivity contribution in [1.29, 1.82) is 0 Å². The van der Waals surface area contributed by atoms with Crippen molar-refractivity contribution in [2.24, 2.45) is 0 Å². The highest BCUT2D eigenvalue weighted by atomic mass is 15.0.